The van der Waals surface area contributed by atoms with Crippen molar-refractivity contribution in [2.24, 2.45) is 0 Å². The van der Waals surface area contributed by atoms with Crippen LogP contribution in [0.4, 0.5) is 0 Å². The van der Waals surface area contributed by atoms with Gasteiger partial charge >= 0.3 is 5.97 Å². The second-order valence-electron chi connectivity index (χ2n) is 4.71. The summed E-state index contributed by atoms with van der Waals surface area (Å²) in [6.45, 7) is 1.63. The standard InChI is InChI=1S/C17H15ClO4/c1-2-11-3-5-12(6-4-11)16(20)10-22-17(21)14-9-13(18)7-8-15(14)19/h3-9,19H,2,10H2,1H3. The summed E-state index contributed by atoms with van der Waals surface area (Å²) < 4.78 is 4.93. The molecule has 22 heavy (non-hydrogen) atoms. The third kappa shape index (κ3) is 3.86. The van der Waals surface area contributed by atoms with E-state index in [4.69, 9.17) is 16.3 Å². The van der Waals surface area contributed by atoms with Gasteiger partial charge in [0.2, 0.25) is 0 Å². The number of carbonyl (C=O) groups is 2. The van der Waals surface area contributed by atoms with Crippen LogP contribution >= 0.6 is 11.6 Å². The minimum Gasteiger partial charge on any atom is -0.507 e. The maximum Gasteiger partial charge on any atom is 0.342 e. The average Bonchev–Trinajstić information content (AvgIpc) is 2.54. The van der Waals surface area contributed by atoms with Crippen molar-refractivity contribution < 1.29 is 19.4 Å². The molecule has 1 N–H and O–H groups in total. The predicted octanol–water partition coefficient (Wildman–Crippen LogP) is 3.65. The van der Waals surface area contributed by atoms with Crippen molar-refractivity contribution in [3.63, 3.8) is 0 Å². The Morgan fingerprint density at radius 1 is 1.14 bits per heavy atom. The van der Waals surface area contributed by atoms with Gasteiger partial charge in [-0.25, -0.2) is 4.79 Å². The summed E-state index contributed by atoms with van der Waals surface area (Å²) in [6, 6.07) is 11.2. The number of carbonyl (C=O) groups excluding carboxylic acids is 2. The van der Waals surface area contributed by atoms with Crippen molar-refractivity contribution in [1.29, 1.82) is 0 Å². The van der Waals surface area contributed by atoms with Gasteiger partial charge in [0.25, 0.3) is 0 Å². The molecule has 0 saturated heterocycles. The molecule has 2 rings (SSSR count). The van der Waals surface area contributed by atoms with Crippen molar-refractivity contribution in [3.05, 3.63) is 64.2 Å². The zero-order valence-electron chi connectivity index (χ0n) is 12.0. The fourth-order valence-corrected chi connectivity index (χ4v) is 2.06. The Hall–Kier alpha value is -2.33. The highest BCUT2D eigenvalue weighted by atomic mass is 35.5. The minimum absolute atomic E-state index is 0.0679. The maximum absolute atomic E-state index is 12.0. The molecule has 0 amide bonds. The molecule has 0 fully saturated rings. The zero-order valence-corrected chi connectivity index (χ0v) is 12.8. The van der Waals surface area contributed by atoms with Crippen molar-refractivity contribution in [3.8, 4) is 5.75 Å². The van der Waals surface area contributed by atoms with Crippen molar-refractivity contribution in [2.45, 2.75) is 13.3 Å². The first-order valence-electron chi connectivity index (χ1n) is 6.79. The number of Topliss-reactive ketones (excluding diaryl/α,β-unsaturated/α-hetero) is 1. The van der Waals surface area contributed by atoms with Crippen LogP contribution in [0.2, 0.25) is 5.02 Å². The Morgan fingerprint density at radius 2 is 1.82 bits per heavy atom. The van der Waals surface area contributed by atoms with Crippen LogP contribution in [0.25, 0.3) is 0 Å². The van der Waals surface area contributed by atoms with E-state index in [1.807, 2.05) is 19.1 Å². The van der Waals surface area contributed by atoms with Crippen LogP contribution in [0, 0.1) is 0 Å². The molecule has 0 aliphatic carbocycles. The largest absolute Gasteiger partial charge is 0.507 e. The highest BCUT2D eigenvalue weighted by molar-refractivity contribution is 6.31. The Morgan fingerprint density at radius 3 is 2.45 bits per heavy atom. The van der Waals surface area contributed by atoms with E-state index in [9.17, 15) is 14.7 Å². The van der Waals surface area contributed by atoms with E-state index < -0.39 is 12.6 Å². The fraction of sp³-hybridized carbons (Fsp3) is 0.176. The second kappa shape index (κ2) is 7.09. The number of ketones is 1. The van der Waals surface area contributed by atoms with E-state index in [-0.39, 0.29) is 17.1 Å². The van der Waals surface area contributed by atoms with Crippen molar-refractivity contribution >= 4 is 23.4 Å². The number of hydrogen-bond acceptors (Lipinski definition) is 4. The normalized spacial score (nSPS) is 10.3. The number of aryl methyl sites for hydroxylation is 1. The van der Waals surface area contributed by atoms with Gasteiger partial charge in [-0.1, -0.05) is 42.8 Å². The number of phenols is 1. The van der Waals surface area contributed by atoms with Gasteiger partial charge < -0.3 is 9.84 Å². The molecule has 0 atom stereocenters. The SMILES string of the molecule is CCc1ccc(C(=O)COC(=O)c2cc(Cl)ccc2O)cc1. The summed E-state index contributed by atoms with van der Waals surface area (Å²) in [5.74, 6) is -1.34. The molecular formula is C17H15ClO4. The lowest BCUT2D eigenvalue weighted by molar-refractivity contribution is 0.0472. The molecule has 0 heterocycles. The summed E-state index contributed by atoms with van der Waals surface area (Å²) in [4.78, 5) is 23.8. The molecule has 0 unspecified atom stereocenters. The Labute approximate surface area is 133 Å². The van der Waals surface area contributed by atoms with Crippen LogP contribution in [-0.2, 0) is 11.2 Å². The van der Waals surface area contributed by atoms with Crippen LogP contribution in [0.1, 0.15) is 33.2 Å². The number of halogens is 1. The lowest BCUT2D eigenvalue weighted by atomic mass is 10.1. The molecule has 0 spiro atoms. The van der Waals surface area contributed by atoms with Crippen LogP contribution in [0.5, 0.6) is 5.75 Å². The molecule has 0 aromatic heterocycles. The number of phenolic OH excluding ortho intramolecular Hbond substituents is 1. The second-order valence-corrected chi connectivity index (χ2v) is 5.15. The fourth-order valence-electron chi connectivity index (χ4n) is 1.89. The molecule has 0 aliphatic rings. The molecule has 0 saturated carbocycles. The van der Waals surface area contributed by atoms with Crippen molar-refractivity contribution in [2.75, 3.05) is 6.61 Å². The molecule has 5 heteroatoms. The third-order valence-corrected chi connectivity index (χ3v) is 3.43. The van der Waals surface area contributed by atoms with Crippen LogP contribution in [0.3, 0.4) is 0 Å². The van der Waals surface area contributed by atoms with Gasteiger partial charge in [0.1, 0.15) is 11.3 Å². The van der Waals surface area contributed by atoms with E-state index in [1.165, 1.54) is 18.2 Å². The van der Waals surface area contributed by atoms with Crippen molar-refractivity contribution in [1.82, 2.24) is 0 Å². The van der Waals surface area contributed by atoms with Gasteiger partial charge in [-0.2, -0.15) is 0 Å². The lowest BCUT2D eigenvalue weighted by Gasteiger charge is -2.07. The number of esters is 1. The van der Waals surface area contributed by atoms with E-state index in [2.05, 4.69) is 0 Å². The number of benzene rings is 2. The molecular weight excluding hydrogens is 304 g/mol. The van der Waals surface area contributed by atoms with E-state index in [0.717, 1.165) is 12.0 Å². The smallest absolute Gasteiger partial charge is 0.342 e. The van der Waals surface area contributed by atoms with Gasteiger partial charge in [-0.05, 0) is 30.2 Å². The van der Waals surface area contributed by atoms with Gasteiger partial charge in [0.05, 0.1) is 0 Å². The summed E-state index contributed by atoms with van der Waals surface area (Å²) in [5.41, 5.74) is 1.53. The van der Waals surface area contributed by atoms with Crippen LogP contribution in [-0.4, -0.2) is 23.5 Å². The quantitative estimate of drug-likeness (QED) is 0.675. The van der Waals surface area contributed by atoms with E-state index in [0.29, 0.717) is 10.6 Å². The van der Waals surface area contributed by atoms with Gasteiger partial charge in [-0.3, -0.25) is 4.79 Å². The summed E-state index contributed by atoms with van der Waals surface area (Å²) in [7, 11) is 0. The maximum atomic E-state index is 12.0. The Kier molecular flexibility index (Phi) is 5.17. The molecule has 4 nitrogen and oxygen atoms in total. The first kappa shape index (κ1) is 16.0. The topological polar surface area (TPSA) is 63.6 Å². The molecule has 0 aliphatic heterocycles. The number of rotatable bonds is 5. The van der Waals surface area contributed by atoms with Gasteiger partial charge in [-0.15, -0.1) is 0 Å². The van der Waals surface area contributed by atoms with Gasteiger partial charge in [0, 0.05) is 10.6 Å². The molecule has 0 bridgehead atoms. The molecule has 2 aromatic carbocycles. The Bertz CT molecular complexity index is 692. The Balaban J connectivity index is 2.00. The predicted molar refractivity (Wildman–Crippen MR) is 83.5 cm³/mol. The number of ether oxygens (including phenoxy) is 1. The third-order valence-electron chi connectivity index (χ3n) is 3.20. The number of aromatic hydroxyl groups is 1. The van der Waals surface area contributed by atoms with Crippen LogP contribution < -0.4 is 0 Å². The molecule has 2 aromatic rings. The monoisotopic (exact) mass is 318 g/mol. The highest BCUT2D eigenvalue weighted by Crippen LogP contribution is 2.22. The lowest BCUT2D eigenvalue weighted by Crippen LogP contribution is -2.14. The summed E-state index contributed by atoms with van der Waals surface area (Å²) in [6.07, 6.45) is 0.886. The average molecular weight is 319 g/mol. The minimum atomic E-state index is -0.793. The zero-order chi connectivity index (χ0) is 16.1. The summed E-state index contributed by atoms with van der Waals surface area (Å²) in [5, 5.41) is 9.90. The summed E-state index contributed by atoms with van der Waals surface area (Å²) >= 11 is 5.76. The molecule has 0 radical (unpaired) electrons. The first-order chi connectivity index (χ1) is 10.5. The van der Waals surface area contributed by atoms with E-state index >= 15 is 0 Å². The van der Waals surface area contributed by atoms with Gasteiger partial charge in [0.15, 0.2) is 12.4 Å². The first-order valence-corrected chi connectivity index (χ1v) is 7.17. The van der Waals surface area contributed by atoms with E-state index in [1.54, 1.807) is 12.1 Å². The van der Waals surface area contributed by atoms with Crippen LogP contribution in [0.15, 0.2) is 42.5 Å². The number of hydrogen-bond donors (Lipinski definition) is 1. The highest BCUT2D eigenvalue weighted by Gasteiger charge is 2.15. The molecule has 114 valence electrons.